The Labute approximate surface area is 334 Å². The molecule has 2 atom stereocenters. The fourth-order valence-corrected chi connectivity index (χ4v) is 10.1. The van der Waals surface area contributed by atoms with E-state index in [1.807, 2.05) is 0 Å². The molecule has 0 spiro atoms. The Kier molecular flexibility index (Phi) is 15.1. The fourth-order valence-electron chi connectivity index (χ4n) is 4.37. The molecule has 2 aliphatic rings. The van der Waals surface area contributed by atoms with Crippen LogP contribution < -0.4 is 123 Å². The molecule has 2 aromatic carbocycles. The molecule has 2 aromatic rings. The Bertz CT molecular complexity index is 1970. The molecular weight excluding hydrogens is 700 g/mol. The van der Waals surface area contributed by atoms with Crippen LogP contribution in [0.5, 0.6) is 5.75 Å². The van der Waals surface area contributed by atoms with Gasteiger partial charge in [-0.15, -0.1) is 0 Å². The number of ether oxygens (including phenoxy) is 1. The van der Waals surface area contributed by atoms with Gasteiger partial charge in [-0.2, -0.15) is 0 Å². The number of fused-ring (bicyclic) bond motifs is 1. The van der Waals surface area contributed by atoms with Crippen molar-refractivity contribution in [3.05, 3.63) is 86.7 Å². The van der Waals surface area contributed by atoms with Crippen LogP contribution in [0.2, 0.25) is 0 Å². The Morgan fingerprint density at radius 3 is 1.47 bits per heavy atom. The van der Waals surface area contributed by atoms with Crippen molar-refractivity contribution < 1.29 is 184 Å². The number of carbonyl (C=O) groups is 2. The zero-order chi connectivity index (χ0) is 29.3. The van der Waals surface area contributed by atoms with Gasteiger partial charge in [0, 0.05) is 22.3 Å². The smallest absolute Gasteiger partial charge is 0.747 e. The first kappa shape index (κ1) is 43.7. The number of carbonyl (C=O) groups excluding carboxylic acids is 2. The minimum Gasteiger partial charge on any atom is -0.747 e. The molecule has 15 nitrogen and oxygen atoms in total. The molecular formula is C20H10Na4O15S4. The van der Waals surface area contributed by atoms with Crippen LogP contribution in [0, 0.1) is 0 Å². The molecule has 0 saturated carbocycles. The van der Waals surface area contributed by atoms with Crippen LogP contribution in [0.3, 0.4) is 0 Å². The van der Waals surface area contributed by atoms with Crippen molar-refractivity contribution in [1.29, 1.82) is 0 Å². The zero-order valence-electron chi connectivity index (χ0n) is 22.5. The Morgan fingerprint density at radius 1 is 0.628 bits per heavy atom. The number of Topliss-reactive ketones (excluding diaryl/α,β-unsaturated/α-hetero) is 2. The maximum Gasteiger partial charge on any atom is 1.00 e. The molecule has 208 valence electrons. The van der Waals surface area contributed by atoms with Crippen LogP contribution in [0.4, 0.5) is 0 Å². The summed E-state index contributed by atoms with van der Waals surface area (Å²) in [7, 11) is -26.8. The third-order valence-corrected chi connectivity index (χ3v) is 10.4. The van der Waals surface area contributed by atoms with Gasteiger partial charge in [0.1, 0.15) is 56.4 Å². The molecule has 0 N–H and O–H groups in total. The molecule has 0 radical (unpaired) electrons. The number of allylic oxidation sites excluding steroid dienone is 1. The summed E-state index contributed by atoms with van der Waals surface area (Å²) in [6.45, 7) is 0. The number of ketones is 2. The first-order chi connectivity index (χ1) is 17.7. The Morgan fingerprint density at radius 2 is 1.07 bits per heavy atom. The van der Waals surface area contributed by atoms with Crippen molar-refractivity contribution in [1.82, 2.24) is 0 Å². The number of benzene rings is 2. The fraction of sp³-hybridized carbons (Fsp3) is 0.100. The maximum absolute atomic E-state index is 13.4. The van der Waals surface area contributed by atoms with E-state index in [4.69, 9.17) is 4.74 Å². The molecule has 23 heteroatoms. The topological polar surface area (TPSA) is 272 Å². The van der Waals surface area contributed by atoms with Crippen LogP contribution in [-0.2, 0) is 40.5 Å². The monoisotopic (exact) mass is 710 g/mol. The van der Waals surface area contributed by atoms with E-state index in [1.54, 1.807) is 0 Å². The maximum atomic E-state index is 13.4. The van der Waals surface area contributed by atoms with Crippen molar-refractivity contribution in [3.63, 3.8) is 0 Å². The number of para-hydroxylation sites is 1. The van der Waals surface area contributed by atoms with Crippen LogP contribution in [0.1, 0.15) is 20.7 Å². The van der Waals surface area contributed by atoms with Crippen molar-refractivity contribution in [2.75, 3.05) is 0 Å². The minimum absolute atomic E-state index is 0. The summed E-state index contributed by atoms with van der Waals surface area (Å²) >= 11 is 0. The minimum atomic E-state index is -6.90. The van der Waals surface area contributed by atoms with E-state index in [1.165, 1.54) is 6.07 Å². The second-order valence-electron chi connectivity index (χ2n) is 7.97. The van der Waals surface area contributed by atoms with Gasteiger partial charge in [0.05, 0.1) is 4.91 Å². The average Bonchev–Trinajstić information content (AvgIpc) is 2.79. The number of hydrogen-bond acceptors (Lipinski definition) is 15. The summed E-state index contributed by atoms with van der Waals surface area (Å²) in [5, 5.41) is -3.85. The summed E-state index contributed by atoms with van der Waals surface area (Å²) in [5.41, 5.74) is -5.19. The van der Waals surface area contributed by atoms with Gasteiger partial charge in [0.15, 0.2) is 11.6 Å². The van der Waals surface area contributed by atoms with Gasteiger partial charge < -0.3 is 22.9 Å². The van der Waals surface area contributed by atoms with Gasteiger partial charge in [-0.05, 0) is 12.1 Å². The second kappa shape index (κ2) is 14.9. The summed E-state index contributed by atoms with van der Waals surface area (Å²) < 4.78 is 156. The van der Waals surface area contributed by atoms with E-state index < -0.39 is 100 Å². The molecule has 0 fully saturated rings. The SMILES string of the molecule is O=C1C2=C(C(=O)c3ccccc31)C(S(=O)(=O)[O-])C(Oc1ccccc1)(S(=O)(=O)[O-])C(S(=O)(=O)[O-])=C2S(=O)(=O)[O-].[Na+].[Na+].[Na+].[Na+]. The summed E-state index contributed by atoms with van der Waals surface area (Å²) in [4.78, 5) is 16.5. The summed E-state index contributed by atoms with van der Waals surface area (Å²) in [6.07, 6.45) is 0. The van der Waals surface area contributed by atoms with Gasteiger partial charge >= 0.3 is 118 Å². The van der Waals surface area contributed by atoms with Gasteiger partial charge in [-0.25, -0.2) is 33.7 Å². The normalized spacial score (nSPS) is 20.3. The molecule has 2 unspecified atom stereocenters. The molecule has 0 saturated heterocycles. The standard InChI is InChI=1S/C20H14O15S4.4Na/c21-15-11-8-4-5-9-12(11)16(22)14-13(15)17(36(23,24)25)19(38(29,30)31)20(39(32,33)34,18(14)37(26,27)28)35-10-6-2-1-3-7-10;;;;/h1-9,18H,(H,23,24,25)(H,26,27,28)(H,29,30,31)(H,32,33,34);;;;/q;4*+1/p-4. The van der Waals surface area contributed by atoms with Crippen molar-refractivity contribution >= 4 is 52.0 Å². The molecule has 4 rings (SSSR count). The van der Waals surface area contributed by atoms with E-state index >= 15 is 0 Å². The Hall–Kier alpha value is 0.700. The summed E-state index contributed by atoms with van der Waals surface area (Å²) in [5.74, 6) is -4.40. The van der Waals surface area contributed by atoms with Crippen LogP contribution in [0.25, 0.3) is 0 Å². The van der Waals surface area contributed by atoms with E-state index in [9.17, 15) is 61.5 Å². The molecule has 0 bridgehead atoms. The van der Waals surface area contributed by atoms with Crippen molar-refractivity contribution in [2.45, 2.75) is 10.2 Å². The predicted molar refractivity (Wildman–Crippen MR) is 122 cm³/mol. The Balaban J connectivity index is 0.00000441. The molecule has 43 heavy (non-hydrogen) atoms. The first-order valence-corrected chi connectivity index (χ1v) is 15.7. The van der Waals surface area contributed by atoms with Crippen LogP contribution >= 0.6 is 0 Å². The summed E-state index contributed by atoms with van der Waals surface area (Å²) in [6, 6.07) is 8.88. The zero-order valence-corrected chi connectivity index (χ0v) is 33.8. The molecule has 0 aliphatic heterocycles. The first-order valence-electron chi connectivity index (χ1n) is 9.98. The molecule has 0 aromatic heterocycles. The molecule has 0 heterocycles. The molecule has 2 aliphatic carbocycles. The average molecular weight is 711 g/mol. The van der Waals surface area contributed by atoms with Gasteiger partial charge in [0.2, 0.25) is 0 Å². The second-order valence-corrected chi connectivity index (χ2v) is 13.6. The molecule has 0 amide bonds. The third kappa shape index (κ3) is 7.72. The van der Waals surface area contributed by atoms with E-state index in [2.05, 4.69) is 0 Å². The van der Waals surface area contributed by atoms with Gasteiger partial charge in [-0.3, -0.25) is 9.59 Å². The third-order valence-electron chi connectivity index (χ3n) is 5.69. The van der Waals surface area contributed by atoms with E-state index in [0.717, 1.165) is 48.5 Å². The van der Waals surface area contributed by atoms with Crippen molar-refractivity contribution in [3.8, 4) is 5.75 Å². The number of rotatable bonds is 6. The quantitative estimate of drug-likeness (QED) is 0.199. The van der Waals surface area contributed by atoms with E-state index in [0.29, 0.717) is 0 Å². The van der Waals surface area contributed by atoms with Gasteiger partial charge in [-0.1, -0.05) is 42.5 Å². The van der Waals surface area contributed by atoms with Crippen LogP contribution in [0.15, 0.2) is 75.6 Å². The van der Waals surface area contributed by atoms with Crippen LogP contribution in [-0.4, -0.2) is 73.6 Å². The predicted octanol–water partition coefficient (Wildman–Crippen LogP) is -13.1. The number of hydrogen-bond donors (Lipinski definition) is 0. The van der Waals surface area contributed by atoms with Crippen molar-refractivity contribution in [2.24, 2.45) is 0 Å². The van der Waals surface area contributed by atoms with E-state index in [-0.39, 0.29) is 118 Å². The van der Waals surface area contributed by atoms with Gasteiger partial charge in [0.25, 0.3) is 4.93 Å². The largest absolute Gasteiger partial charge is 1.00 e.